The Kier molecular flexibility index (Phi) is 5.00. The van der Waals surface area contributed by atoms with Crippen LogP contribution in [0, 0.1) is 10.1 Å². The highest BCUT2D eigenvalue weighted by Crippen LogP contribution is 2.25. The fourth-order valence-corrected chi connectivity index (χ4v) is 2.22. The zero-order valence-electron chi connectivity index (χ0n) is 11.5. The molecule has 0 aliphatic heterocycles. The maximum Gasteiger partial charge on any atom is 0.288 e. The number of nitrogens with one attached hydrogen (secondary N) is 1. The lowest BCUT2D eigenvalue weighted by atomic mass is 10.1. The molecule has 1 N–H and O–H groups in total. The molecule has 0 radical (unpaired) electrons. The molecule has 0 fully saturated rings. The third-order valence-electron chi connectivity index (χ3n) is 3.12. The van der Waals surface area contributed by atoms with E-state index in [0.717, 1.165) is 11.6 Å². The average molecular weight is 339 g/mol. The lowest BCUT2D eigenvalue weighted by Gasteiger charge is -2.14. The van der Waals surface area contributed by atoms with Gasteiger partial charge in [0.15, 0.2) is 0 Å². The number of nitro benzene ring substituents is 1. The van der Waals surface area contributed by atoms with Crippen molar-refractivity contribution < 1.29 is 9.72 Å². The van der Waals surface area contributed by atoms with Crippen molar-refractivity contribution in [1.82, 2.24) is 5.32 Å². The van der Waals surface area contributed by atoms with Gasteiger partial charge in [-0.25, -0.2) is 0 Å². The molecule has 0 saturated carbocycles. The Hall–Kier alpha value is -2.11. The van der Waals surface area contributed by atoms with Gasteiger partial charge in [-0.15, -0.1) is 0 Å². The largest absolute Gasteiger partial charge is 0.346 e. The molecule has 0 spiro atoms. The third-order valence-corrected chi connectivity index (χ3v) is 3.69. The van der Waals surface area contributed by atoms with E-state index in [9.17, 15) is 14.9 Å². The van der Waals surface area contributed by atoms with Gasteiger partial charge in [-0.05, 0) is 36.8 Å². The Morgan fingerprint density at radius 1 is 1.18 bits per heavy atom. The molecule has 0 bridgehead atoms. The zero-order valence-corrected chi connectivity index (χ0v) is 13.1. The Bertz CT molecular complexity index is 717. The van der Waals surface area contributed by atoms with Crippen LogP contribution in [0.4, 0.5) is 5.69 Å². The summed E-state index contributed by atoms with van der Waals surface area (Å²) in [5.74, 6) is -0.415. The first-order valence-electron chi connectivity index (χ1n) is 6.38. The van der Waals surface area contributed by atoms with Crippen molar-refractivity contribution in [2.24, 2.45) is 0 Å². The standard InChI is InChI=1S/C15H12Cl2N2O3/c1-9(10-2-5-12(16)6-3-10)18-15(20)11-4-7-13(17)14(8-11)19(21)22/h2-9H,1H3,(H,18,20). The summed E-state index contributed by atoms with van der Waals surface area (Å²) in [5.41, 5.74) is 0.756. The number of nitrogens with zero attached hydrogens (tertiary/aromatic N) is 1. The molecule has 2 rings (SSSR count). The first-order valence-corrected chi connectivity index (χ1v) is 7.14. The minimum Gasteiger partial charge on any atom is -0.346 e. The lowest BCUT2D eigenvalue weighted by Crippen LogP contribution is -2.26. The molecule has 2 aromatic rings. The van der Waals surface area contributed by atoms with Gasteiger partial charge in [0.25, 0.3) is 11.6 Å². The molecule has 2 aromatic carbocycles. The SMILES string of the molecule is CC(NC(=O)c1ccc(Cl)c([N+](=O)[O-])c1)c1ccc(Cl)cc1. The first-order chi connectivity index (χ1) is 10.4. The van der Waals surface area contributed by atoms with Gasteiger partial charge < -0.3 is 5.32 Å². The van der Waals surface area contributed by atoms with Gasteiger partial charge in [-0.2, -0.15) is 0 Å². The van der Waals surface area contributed by atoms with E-state index in [1.807, 2.05) is 6.92 Å². The number of benzene rings is 2. The number of nitro groups is 1. The van der Waals surface area contributed by atoms with Gasteiger partial charge in [-0.3, -0.25) is 14.9 Å². The molecular formula is C15H12Cl2N2O3. The summed E-state index contributed by atoms with van der Waals surface area (Å²) in [5, 5.41) is 14.2. The first kappa shape index (κ1) is 16.3. The van der Waals surface area contributed by atoms with E-state index in [2.05, 4.69) is 5.32 Å². The summed E-state index contributed by atoms with van der Waals surface area (Å²) in [7, 11) is 0. The number of amides is 1. The Morgan fingerprint density at radius 2 is 1.82 bits per heavy atom. The normalized spacial score (nSPS) is 11.8. The minimum atomic E-state index is -0.623. The van der Waals surface area contributed by atoms with Gasteiger partial charge in [0, 0.05) is 16.7 Å². The van der Waals surface area contributed by atoms with Gasteiger partial charge >= 0.3 is 0 Å². The van der Waals surface area contributed by atoms with Crippen LogP contribution in [0.1, 0.15) is 28.9 Å². The summed E-state index contributed by atoms with van der Waals surface area (Å²) in [6.45, 7) is 1.81. The Labute approximate surface area is 137 Å². The highest BCUT2D eigenvalue weighted by Gasteiger charge is 2.17. The molecule has 1 amide bonds. The van der Waals surface area contributed by atoms with Crippen LogP contribution in [0.3, 0.4) is 0 Å². The van der Waals surface area contributed by atoms with Crippen molar-refractivity contribution in [3.8, 4) is 0 Å². The van der Waals surface area contributed by atoms with Gasteiger partial charge in [0.1, 0.15) is 5.02 Å². The van der Waals surface area contributed by atoms with E-state index in [0.29, 0.717) is 5.02 Å². The molecule has 0 saturated heterocycles. The molecule has 0 aliphatic carbocycles. The third kappa shape index (κ3) is 3.75. The van der Waals surface area contributed by atoms with E-state index in [1.54, 1.807) is 24.3 Å². The number of hydrogen-bond donors (Lipinski definition) is 1. The minimum absolute atomic E-state index is 0.00713. The van der Waals surface area contributed by atoms with Crippen molar-refractivity contribution in [2.75, 3.05) is 0 Å². The van der Waals surface area contributed by atoms with Gasteiger partial charge in [0.2, 0.25) is 0 Å². The van der Waals surface area contributed by atoms with Crippen LogP contribution in [-0.4, -0.2) is 10.8 Å². The van der Waals surface area contributed by atoms with Crippen LogP contribution < -0.4 is 5.32 Å². The second-order valence-corrected chi connectivity index (χ2v) is 5.51. The molecule has 114 valence electrons. The van der Waals surface area contributed by atoms with Crippen molar-refractivity contribution in [1.29, 1.82) is 0 Å². The highest BCUT2D eigenvalue weighted by molar-refractivity contribution is 6.32. The van der Waals surface area contributed by atoms with Crippen molar-refractivity contribution in [2.45, 2.75) is 13.0 Å². The van der Waals surface area contributed by atoms with Crippen LogP contribution in [-0.2, 0) is 0 Å². The van der Waals surface area contributed by atoms with Crippen LogP contribution in [0.15, 0.2) is 42.5 Å². The van der Waals surface area contributed by atoms with Gasteiger partial charge in [-0.1, -0.05) is 35.3 Å². The summed E-state index contributed by atoms with van der Waals surface area (Å²) in [4.78, 5) is 22.4. The van der Waals surface area contributed by atoms with Crippen LogP contribution in [0.2, 0.25) is 10.0 Å². The molecule has 1 atom stereocenters. The fourth-order valence-electron chi connectivity index (χ4n) is 1.91. The zero-order chi connectivity index (χ0) is 16.3. The fraction of sp³-hybridized carbons (Fsp3) is 0.133. The van der Waals surface area contributed by atoms with E-state index in [-0.39, 0.29) is 22.3 Å². The molecule has 0 aromatic heterocycles. The van der Waals surface area contributed by atoms with Crippen molar-refractivity contribution >= 4 is 34.8 Å². The number of carbonyl (C=O) groups excluding carboxylic acids is 1. The maximum atomic E-state index is 12.2. The predicted octanol–water partition coefficient (Wildman–Crippen LogP) is 4.39. The molecule has 0 heterocycles. The quantitative estimate of drug-likeness (QED) is 0.663. The Balaban J connectivity index is 2.16. The maximum absolute atomic E-state index is 12.2. The van der Waals surface area contributed by atoms with Crippen LogP contribution >= 0.6 is 23.2 Å². The van der Waals surface area contributed by atoms with Crippen LogP contribution in [0.5, 0.6) is 0 Å². The summed E-state index contributed by atoms with van der Waals surface area (Å²) in [6.07, 6.45) is 0. The molecule has 1 unspecified atom stereocenters. The molecule has 5 nitrogen and oxygen atoms in total. The molecule has 7 heteroatoms. The monoisotopic (exact) mass is 338 g/mol. The predicted molar refractivity (Wildman–Crippen MR) is 85.4 cm³/mol. The van der Waals surface area contributed by atoms with E-state index >= 15 is 0 Å². The van der Waals surface area contributed by atoms with Gasteiger partial charge in [0.05, 0.1) is 11.0 Å². The average Bonchev–Trinajstić information content (AvgIpc) is 2.47. The van der Waals surface area contributed by atoms with E-state index < -0.39 is 10.8 Å². The van der Waals surface area contributed by atoms with E-state index in [4.69, 9.17) is 23.2 Å². The topological polar surface area (TPSA) is 72.2 Å². The molecular weight excluding hydrogens is 327 g/mol. The lowest BCUT2D eigenvalue weighted by molar-refractivity contribution is -0.384. The van der Waals surface area contributed by atoms with Crippen LogP contribution in [0.25, 0.3) is 0 Å². The summed E-state index contributed by atoms with van der Waals surface area (Å²) >= 11 is 11.5. The number of hydrogen-bond acceptors (Lipinski definition) is 3. The highest BCUT2D eigenvalue weighted by atomic mass is 35.5. The second-order valence-electron chi connectivity index (χ2n) is 4.67. The number of halogens is 2. The second kappa shape index (κ2) is 6.77. The smallest absolute Gasteiger partial charge is 0.288 e. The number of carbonyl (C=O) groups is 1. The molecule has 0 aliphatic rings. The van der Waals surface area contributed by atoms with E-state index in [1.165, 1.54) is 12.1 Å². The number of rotatable bonds is 4. The summed E-state index contributed by atoms with van der Waals surface area (Å²) in [6, 6.07) is 10.7. The Morgan fingerprint density at radius 3 is 2.41 bits per heavy atom. The summed E-state index contributed by atoms with van der Waals surface area (Å²) < 4.78 is 0. The molecule has 22 heavy (non-hydrogen) atoms. The van der Waals surface area contributed by atoms with Crippen molar-refractivity contribution in [3.63, 3.8) is 0 Å². The van der Waals surface area contributed by atoms with Crippen molar-refractivity contribution in [3.05, 3.63) is 73.8 Å².